The van der Waals surface area contributed by atoms with Crippen LogP contribution in [0, 0.1) is 6.92 Å². The van der Waals surface area contributed by atoms with E-state index in [1.165, 1.54) is 0 Å². The number of anilines is 1. The second-order valence-corrected chi connectivity index (χ2v) is 10.2. The third-order valence-corrected chi connectivity index (χ3v) is 6.60. The molecule has 0 spiro atoms. The van der Waals surface area contributed by atoms with Gasteiger partial charge in [-0.3, -0.25) is 19.2 Å². The van der Waals surface area contributed by atoms with Crippen molar-refractivity contribution in [2.75, 3.05) is 4.90 Å². The molecule has 1 aromatic heterocycles. The van der Waals surface area contributed by atoms with Crippen molar-refractivity contribution in [2.45, 2.75) is 58.7 Å². The molecule has 33 heavy (non-hydrogen) atoms. The van der Waals surface area contributed by atoms with Crippen LogP contribution in [-0.2, 0) is 23.3 Å². The Hall–Kier alpha value is -3.12. The maximum Gasteiger partial charge on any atom is 0.277 e. The van der Waals surface area contributed by atoms with Crippen LogP contribution >= 0.6 is 11.6 Å². The second-order valence-electron chi connectivity index (χ2n) is 9.79. The Morgan fingerprint density at radius 2 is 1.85 bits per heavy atom. The minimum Gasteiger partial charge on any atom is -0.350 e. The summed E-state index contributed by atoms with van der Waals surface area (Å²) in [5.41, 5.74) is 2.20. The van der Waals surface area contributed by atoms with Gasteiger partial charge in [0.25, 0.3) is 5.91 Å². The van der Waals surface area contributed by atoms with Crippen LogP contribution in [0.15, 0.2) is 54.6 Å². The van der Waals surface area contributed by atoms with Crippen molar-refractivity contribution < 1.29 is 9.59 Å². The van der Waals surface area contributed by atoms with E-state index in [4.69, 9.17) is 16.7 Å². The summed E-state index contributed by atoms with van der Waals surface area (Å²) in [7, 11) is 0. The van der Waals surface area contributed by atoms with Gasteiger partial charge in [-0.2, -0.15) is 5.10 Å². The van der Waals surface area contributed by atoms with Gasteiger partial charge in [-0.05, 0) is 43.2 Å². The average Bonchev–Trinajstić information content (AvgIpc) is 3.20. The quantitative estimate of drug-likeness (QED) is 0.598. The number of hydrogen-bond acceptors (Lipinski definition) is 3. The lowest BCUT2D eigenvalue weighted by Gasteiger charge is -2.43. The topological polar surface area (TPSA) is 67.2 Å². The second kappa shape index (κ2) is 8.34. The molecule has 1 aliphatic rings. The van der Waals surface area contributed by atoms with E-state index in [0.29, 0.717) is 22.9 Å². The third-order valence-electron chi connectivity index (χ3n) is 6.19. The Morgan fingerprint density at radius 3 is 2.52 bits per heavy atom. The van der Waals surface area contributed by atoms with Gasteiger partial charge in [0.1, 0.15) is 11.2 Å². The van der Waals surface area contributed by atoms with Gasteiger partial charge in [-0.25, -0.2) is 0 Å². The lowest BCUT2D eigenvalue weighted by molar-refractivity contribution is -0.126. The minimum absolute atomic E-state index is 0.229. The van der Waals surface area contributed by atoms with E-state index in [9.17, 15) is 9.59 Å². The largest absolute Gasteiger partial charge is 0.350 e. The molecule has 0 unspecified atom stereocenters. The summed E-state index contributed by atoms with van der Waals surface area (Å²) < 4.78 is 1.67. The van der Waals surface area contributed by atoms with Crippen LogP contribution in [0.4, 0.5) is 5.69 Å². The molecule has 4 rings (SSSR count). The summed E-state index contributed by atoms with van der Waals surface area (Å²) in [6.07, 6.45) is 0. The highest BCUT2D eigenvalue weighted by molar-refractivity contribution is 6.32. The normalized spacial score (nSPS) is 18.2. The van der Waals surface area contributed by atoms with E-state index >= 15 is 0 Å². The smallest absolute Gasteiger partial charge is 0.277 e. The molecule has 1 aliphatic heterocycles. The Kier molecular flexibility index (Phi) is 5.83. The van der Waals surface area contributed by atoms with Crippen molar-refractivity contribution in [3.05, 3.63) is 82.1 Å². The number of nitrogens with zero attached hydrogens (tertiary/aromatic N) is 3. The van der Waals surface area contributed by atoms with Crippen LogP contribution in [0.25, 0.3) is 0 Å². The number of carbonyl (C=O) groups excluding carboxylic acids is 2. The van der Waals surface area contributed by atoms with Gasteiger partial charge in [0.15, 0.2) is 0 Å². The Labute approximate surface area is 199 Å². The number of amides is 2. The molecule has 1 N–H and O–H groups in total. The standard InChI is InChI=1S/C26H29ClN4O2/c1-17-19(27)12-9-13-20(17)31-23(32)21-14-22(25(2,3)4)29-30(21)16-26(31,5)24(33)28-15-18-10-7-6-8-11-18/h6-14H,15-16H2,1-5H3,(H,28,33)/t26-/m0/s1. The van der Waals surface area contributed by atoms with Crippen LogP contribution in [-0.4, -0.2) is 27.1 Å². The highest BCUT2D eigenvalue weighted by Crippen LogP contribution is 2.37. The summed E-state index contributed by atoms with van der Waals surface area (Å²) in [5.74, 6) is -0.524. The Balaban J connectivity index is 1.79. The molecule has 0 bridgehead atoms. The number of aromatic nitrogens is 2. The molecule has 7 heteroatoms. The predicted molar refractivity (Wildman–Crippen MR) is 131 cm³/mol. The summed E-state index contributed by atoms with van der Waals surface area (Å²) in [4.78, 5) is 29.1. The molecule has 3 aromatic rings. The number of nitrogens with one attached hydrogen (secondary N) is 1. The fraction of sp³-hybridized carbons (Fsp3) is 0.346. The van der Waals surface area contributed by atoms with Crippen molar-refractivity contribution in [1.29, 1.82) is 0 Å². The molecule has 172 valence electrons. The highest BCUT2D eigenvalue weighted by atomic mass is 35.5. The first-order valence-electron chi connectivity index (χ1n) is 11.0. The zero-order valence-corrected chi connectivity index (χ0v) is 20.4. The molecule has 2 amide bonds. The van der Waals surface area contributed by atoms with Crippen LogP contribution in [0.5, 0.6) is 0 Å². The van der Waals surface area contributed by atoms with E-state index < -0.39 is 5.54 Å². The van der Waals surface area contributed by atoms with E-state index in [0.717, 1.165) is 16.8 Å². The van der Waals surface area contributed by atoms with Gasteiger partial charge < -0.3 is 5.32 Å². The van der Waals surface area contributed by atoms with Gasteiger partial charge >= 0.3 is 0 Å². The van der Waals surface area contributed by atoms with E-state index in [1.54, 1.807) is 28.6 Å². The SMILES string of the molecule is Cc1c(Cl)cccc1N1C(=O)c2cc(C(C)(C)C)nn2C[C@@]1(C)C(=O)NCc1ccccc1. The third kappa shape index (κ3) is 4.15. The molecule has 0 saturated heterocycles. The van der Waals surface area contributed by atoms with Gasteiger partial charge in [-0.15, -0.1) is 0 Å². The average molecular weight is 465 g/mol. The first-order chi connectivity index (χ1) is 15.5. The van der Waals surface area contributed by atoms with Crippen LogP contribution in [0.2, 0.25) is 5.02 Å². The van der Waals surface area contributed by atoms with Crippen LogP contribution in [0.1, 0.15) is 55.0 Å². The molecule has 0 fully saturated rings. The molecule has 1 atom stereocenters. The van der Waals surface area contributed by atoms with E-state index in [-0.39, 0.29) is 23.8 Å². The highest BCUT2D eigenvalue weighted by Gasteiger charge is 2.49. The maximum atomic E-state index is 13.9. The molecule has 2 aromatic carbocycles. The predicted octanol–water partition coefficient (Wildman–Crippen LogP) is 4.88. The lowest BCUT2D eigenvalue weighted by Crippen LogP contribution is -2.64. The first kappa shape index (κ1) is 23.1. The van der Waals surface area contributed by atoms with Gasteiger partial charge in [0.2, 0.25) is 5.91 Å². The number of benzene rings is 2. The van der Waals surface area contributed by atoms with Crippen molar-refractivity contribution >= 4 is 29.1 Å². The van der Waals surface area contributed by atoms with Crippen LogP contribution < -0.4 is 10.2 Å². The van der Waals surface area contributed by atoms with Crippen molar-refractivity contribution in [2.24, 2.45) is 0 Å². The zero-order valence-electron chi connectivity index (χ0n) is 19.6. The molecule has 0 radical (unpaired) electrons. The number of hydrogen-bond donors (Lipinski definition) is 1. The van der Waals surface area contributed by atoms with E-state index in [2.05, 4.69) is 26.1 Å². The van der Waals surface area contributed by atoms with Gasteiger partial charge in [0, 0.05) is 22.7 Å². The molecule has 0 saturated carbocycles. The van der Waals surface area contributed by atoms with Crippen LogP contribution in [0.3, 0.4) is 0 Å². The zero-order chi connectivity index (χ0) is 24.0. The number of rotatable bonds is 4. The Morgan fingerprint density at radius 1 is 1.15 bits per heavy atom. The van der Waals surface area contributed by atoms with Crippen molar-refractivity contribution in [3.63, 3.8) is 0 Å². The molecular weight excluding hydrogens is 436 g/mol. The van der Waals surface area contributed by atoms with Gasteiger partial charge in [-0.1, -0.05) is 68.8 Å². The molecule has 6 nitrogen and oxygen atoms in total. The fourth-order valence-corrected chi connectivity index (χ4v) is 4.30. The molecule has 0 aliphatic carbocycles. The van der Waals surface area contributed by atoms with Gasteiger partial charge in [0.05, 0.1) is 12.2 Å². The summed E-state index contributed by atoms with van der Waals surface area (Å²) in [6, 6.07) is 16.9. The monoisotopic (exact) mass is 464 g/mol. The van der Waals surface area contributed by atoms with Crippen molar-refractivity contribution in [3.8, 4) is 0 Å². The summed E-state index contributed by atoms with van der Waals surface area (Å²) in [6.45, 7) is 10.4. The number of fused-ring (bicyclic) bond motifs is 1. The summed E-state index contributed by atoms with van der Waals surface area (Å²) >= 11 is 6.40. The maximum absolute atomic E-state index is 13.9. The first-order valence-corrected chi connectivity index (χ1v) is 11.4. The minimum atomic E-state index is -1.20. The number of carbonyl (C=O) groups is 2. The fourth-order valence-electron chi connectivity index (χ4n) is 4.13. The summed E-state index contributed by atoms with van der Waals surface area (Å²) in [5, 5.41) is 8.27. The Bertz CT molecular complexity index is 1210. The number of halogens is 1. The molecular formula is C26H29ClN4O2. The lowest BCUT2D eigenvalue weighted by atomic mass is 9.91. The van der Waals surface area contributed by atoms with Crippen molar-refractivity contribution in [1.82, 2.24) is 15.1 Å². The molecule has 2 heterocycles. The van der Waals surface area contributed by atoms with E-state index in [1.807, 2.05) is 49.4 Å².